The molecule has 1 aliphatic heterocycles. The first-order valence-corrected chi connectivity index (χ1v) is 7.57. The van der Waals surface area contributed by atoms with E-state index in [1.165, 1.54) is 31.4 Å². The number of hydrogen-bond donors (Lipinski definition) is 1. The highest BCUT2D eigenvalue weighted by molar-refractivity contribution is 5.71. The molecule has 0 bridgehead atoms. The molecule has 0 amide bonds. The zero-order valence-corrected chi connectivity index (χ0v) is 11.5. The molecule has 1 N–H and O–H groups in total. The van der Waals surface area contributed by atoms with Crippen LogP contribution in [0.5, 0.6) is 0 Å². The van der Waals surface area contributed by atoms with Crippen molar-refractivity contribution in [3.8, 4) is 0 Å². The van der Waals surface area contributed by atoms with E-state index in [-0.39, 0.29) is 5.92 Å². The molecule has 0 aromatic carbocycles. The van der Waals surface area contributed by atoms with Gasteiger partial charge in [-0.2, -0.15) is 0 Å². The summed E-state index contributed by atoms with van der Waals surface area (Å²) in [6.07, 6.45) is 5.59. The Kier molecular flexibility index (Phi) is 2.69. The van der Waals surface area contributed by atoms with Crippen LogP contribution in [-0.4, -0.2) is 34.1 Å². The molecule has 1 aromatic rings. The number of nitrogens with zero attached hydrogens (tertiary/aromatic N) is 3. The first kappa shape index (κ1) is 12.1. The molecular formula is C15H19N3O2. The number of aliphatic carboxylic acids is 1. The standard InChI is InChI=1S/C15H19N3O2/c19-15(20)11-5-6-18(8-11)13-7-12(9-1-2-9)16-14(17-13)10-3-4-10/h7,9-11H,1-6,8H2,(H,19,20). The van der Waals surface area contributed by atoms with Crippen LogP contribution in [0.2, 0.25) is 0 Å². The molecule has 2 saturated carbocycles. The maximum Gasteiger partial charge on any atom is 0.308 e. The second-order valence-electron chi connectivity index (χ2n) is 6.33. The molecule has 0 radical (unpaired) electrons. The third-order valence-corrected chi connectivity index (χ3v) is 4.55. The van der Waals surface area contributed by atoms with E-state index in [0.29, 0.717) is 18.4 Å². The van der Waals surface area contributed by atoms with Crippen LogP contribution in [0, 0.1) is 5.92 Å². The summed E-state index contributed by atoms with van der Waals surface area (Å²) in [5, 5.41) is 9.12. The smallest absolute Gasteiger partial charge is 0.308 e. The number of carbonyl (C=O) groups is 1. The summed E-state index contributed by atoms with van der Waals surface area (Å²) in [7, 11) is 0. The van der Waals surface area contributed by atoms with Gasteiger partial charge in [0.2, 0.25) is 0 Å². The Labute approximate surface area is 118 Å². The summed E-state index contributed by atoms with van der Waals surface area (Å²) in [6, 6.07) is 2.09. The Morgan fingerprint density at radius 3 is 2.50 bits per heavy atom. The van der Waals surface area contributed by atoms with E-state index in [9.17, 15) is 4.79 Å². The minimum Gasteiger partial charge on any atom is -0.481 e. The number of carboxylic acids is 1. The number of carboxylic acid groups (broad SMARTS) is 1. The highest BCUT2D eigenvalue weighted by atomic mass is 16.4. The average molecular weight is 273 g/mol. The molecule has 1 unspecified atom stereocenters. The molecule has 5 nitrogen and oxygen atoms in total. The maximum atomic E-state index is 11.1. The number of hydrogen-bond acceptors (Lipinski definition) is 4. The largest absolute Gasteiger partial charge is 0.481 e. The molecule has 4 rings (SSSR count). The molecular weight excluding hydrogens is 254 g/mol. The zero-order chi connectivity index (χ0) is 13.7. The maximum absolute atomic E-state index is 11.1. The monoisotopic (exact) mass is 273 g/mol. The predicted octanol–water partition coefficient (Wildman–Crippen LogP) is 2.14. The lowest BCUT2D eigenvalue weighted by Crippen LogP contribution is -2.24. The van der Waals surface area contributed by atoms with Gasteiger partial charge in [0.15, 0.2) is 0 Å². The van der Waals surface area contributed by atoms with Gasteiger partial charge in [0.1, 0.15) is 11.6 Å². The van der Waals surface area contributed by atoms with Crippen molar-refractivity contribution in [3.05, 3.63) is 17.6 Å². The quantitative estimate of drug-likeness (QED) is 0.910. The van der Waals surface area contributed by atoms with E-state index >= 15 is 0 Å². The van der Waals surface area contributed by atoms with Crippen molar-refractivity contribution in [2.45, 2.75) is 43.9 Å². The van der Waals surface area contributed by atoms with E-state index in [4.69, 9.17) is 15.1 Å². The molecule has 3 fully saturated rings. The third kappa shape index (κ3) is 2.25. The van der Waals surface area contributed by atoms with Gasteiger partial charge >= 0.3 is 5.97 Å². The highest BCUT2D eigenvalue weighted by Crippen LogP contribution is 2.43. The molecule has 1 saturated heterocycles. The molecule has 5 heteroatoms. The SMILES string of the molecule is O=C(O)C1CCN(c2cc(C3CC3)nc(C3CC3)n2)C1. The third-order valence-electron chi connectivity index (χ3n) is 4.55. The van der Waals surface area contributed by atoms with Gasteiger partial charge in [-0.3, -0.25) is 4.79 Å². The fourth-order valence-electron chi connectivity index (χ4n) is 2.92. The molecule has 2 aliphatic carbocycles. The summed E-state index contributed by atoms with van der Waals surface area (Å²) in [5.41, 5.74) is 1.18. The second kappa shape index (κ2) is 4.43. The molecule has 3 aliphatic rings. The predicted molar refractivity (Wildman–Crippen MR) is 73.9 cm³/mol. The lowest BCUT2D eigenvalue weighted by Gasteiger charge is -2.18. The minimum atomic E-state index is -0.689. The number of rotatable bonds is 4. The van der Waals surface area contributed by atoms with Gasteiger partial charge in [-0.15, -0.1) is 0 Å². The van der Waals surface area contributed by atoms with Crippen molar-refractivity contribution < 1.29 is 9.90 Å². The molecule has 0 spiro atoms. The summed E-state index contributed by atoms with van der Waals surface area (Å²) in [5.74, 6) is 2.17. The summed E-state index contributed by atoms with van der Waals surface area (Å²) in [6.45, 7) is 1.38. The fraction of sp³-hybridized carbons (Fsp3) is 0.667. The fourth-order valence-corrected chi connectivity index (χ4v) is 2.92. The summed E-state index contributed by atoms with van der Waals surface area (Å²) < 4.78 is 0. The van der Waals surface area contributed by atoms with Crippen LogP contribution in [0.4, 0.5) is 5.82 Å². The van der Waals surface area contributed by atoms with E-state index in [2.05, 4.69) is 11.0 Å². The lowest BCUT2D eigenvalue weighted by atomic mass is 10.1. The van der Waals surface area contributed by atoms with E-state index in [0.717, 1.165) is 24.6 Å². The van der Waals surface area contributed by atoms with Crippen LogP contribution in [0.1, 0.15) is 55.5 Å². The first-order valence-electron chi connectivity index (χ1n) is 7.57. The Hall–Kier alpha value is -1.65. The van der Waals surface area contributed by atoms with Gasteiger partial charge in [0.05, 0.1) is 5.92 Å². The first-order chi connectivity index (χ1) is 9.70. The molecule has 1 atom stereocenters. The van der Waals surface area contributed by atoms with Gasteiger partial charge in [0, 0.05) is 36.7 Å². The molecule has 2 heterocycles. The van der Waals surface area contributed by atoms with Crippen LogP contribution < -0.4 is 4.90 Å². The Morgan fingerprint density at radius 2 is 1.90 bits per heavy atom. The molecule has 106 valence electrons. The van der Waals surface area contributed by atoms with Gasteiger partial charge in [0.25, 0.3) is 0 Å². The van der Waals surface area contributed by atoms with Crippen molar-refractivity contribution in [1.82, 2.24) is 9.97 Å². The van der Waals surface area contributed by atoms with Gasteiger partial charge in [-0.1, -0.05) is 0 Å². The summed E-state index contributed by atoms with van der Waals surface area (Å²) >= 11 is 0. The normalized spacial score (nSPS) is 26.0. The van der Waals surface area contributed by atoms with Gasteiger partial charge < -0.3 is 10.0 Å². The van der Waals surface area contributed by atoms with E-state index in [1.807, 2.05) is 0 Å². The second-order valence-corrected chi connectivity index (χ2v) is 6.33. The average Bonchev–Trinajstić information content (AvgIpc) is 3.34. The van der Waals surface area contributed by atoms with Crippen molar-refractivity contribution in [3.63, 3.8) is 0 Å². The topological polar surface area (TPSA) is 66.3 Å². The number of anilines is 1. The van der Waals surface area contributed by atoms with Crippen LogP contribution >= 0.6 is 0 Å². The molecule has 20 heavy (non-hydrogen) atoms. The van der Waals surface area contributed by atoms with Crippen LogP contribution in [0.15, 0.2) is 6.07 Å². The van der Waals surface area contributed by atoms with Crippen molar-refractivity contribution in [2.75, 3.05) is 18.0 Å². The lowest BCUT2D eigenvalue weighted by molar-refractivity contribution is -0.140. The Bertz CT molecular complexity index is 522. The summed E-state index contributed by atoms with van der Waals surface area (Å²) in [4.78, 5) is 22.6. The molecule has 1 aromatic heterocycles. The van der Waals surface area contributed by atoms with Crippen molar-refractivity contribution in [1.29, 1.82) is 0 Å². The van der Waals surface area contributed by atoms with Gasteiger partial charge in [-0.25, -0.2) is 9.97 Å². The van der Waals surface area contributed by atoms with Crippen LogP contribution in [0.3, 0.4) is 0 Å². The zero-order valence-electron chi connectivity index (χ0n) is 11.5. The minimum absolute atomic E-state index is 0.251. The van der Waals surface area contributed by atoms with Crippen molar-refractivity contribution >= 4 is 11.8 Å². The highest BCUT2D eigenvalue weighted by Gasteiger charge is 2.34. The van der Waals surface area contributed by atoms with E-state index < -0.39 is 5.97 Å². The van der Waals surface area contributed by atoms with Crippen LogP contribution in [0.25, 0.3) is 0 Å². The number of aromatic nitrogens is 2. The van der Waals surface area contributed by atoms with E-state index in [1.54, 1.807) is 0 Å². The van der Waals surface area contributed by atoms with Gasteiger partial charge in [-0.05, 0) is 32.1 Å². The van der Waals surface area contributed by atoms with Crippen LogP contribution in [-0.2, 0) is 4.79 Å². The Balaban J connectivity index is 1.61. The Morgan fingerprint density at radius 1 is 1.15 bits per heavy atom. The van der Waals surface area contributed by atoms with Crippen molar-refractivity contribution in [2.24, 2.45) is 5.92 Å².